The first kappa shape index (κ1) is 13.0. The summed E-state index contributed by atoms with van der Waals surface area (Å²) in [5, 5.41) is 0. The van der Waals surface area contributed by atoms with Gasteiger partial charge in [0.1, 0.15) is 5.78 Å². The van der Waals surface area contributed by atoms with E-state index in [4.69, 9.17) is 0 Å². The molecule has 66 valence electrons. The molecular formula is C10H20O. The van der Waals surface area contributed by atoms with Crippen molar-refractivity contribution in [2.45, 2.75) is 34.6 Å². The summed E-state index contributed by atoms with van der Waals surface area (Å²) in [5.41, 5.74) is 0. The van der Waals surface area contributed by atoms with Gasteiger partial charge in [-0.25, -0.2) is 0 Å². The van der Waals surface area contributed by atoms with Gasteiger partial charge in [0.15, 0.2) is 0 Å². The van der Waals surface area contributed by atoms with Crippen molar-refractivity contribution in [2.75, 3.05) is 0 Å². The number of ketones is 1. The highest BCUT2D eigenvalue weighted by Gasteiger charge is 2.09. The van der Waals surface area contributed by atoms with Crippen LogP contribution in [-0.4, -0.2) is 5.78 Å². The van der Waals surface area contributed by atoms with Crippen molar-refractivity contribution in [2.24, 2.45) is 11.8 Å². The molecule has 0 spiro atoms. The zero-order valence-electron chi connectivity index (χ0n) is 8.35. The maximum atomic E-state index is 10.8. The SMILES string of the molecule is C=CC.CC(C)C(=O)C(C)C. The minimum atomic E-state index is 0.204. The number of hydrogen-bond acceptors (Lipinski definition) is 1. The summed E-state index contributed by atoms with van der Waals surface area (Å²) in [6.45, 7) is 13.0. The molecule has 1 heteroatoms. The third-order valence-corrected chi connectivity index (χ3v) is 1.14. The van der Waals surface area contributed by atoms with Crippen molar-refractivity contribution in [3.05, 3.63) is 12.7 Å². The van der Waals surface area contributed by atoms with Crippen LogP contribution in [0, 0.1) is 11.8 Å². The molecule has 0 aliphatic heterocycles. The zero-order valence-corrected chi connectivity index (χ0v) is 8.35. The molecule has 0 saturated carbocycles. The Morgan fingerprint density at radius 2 is 1.36 bits per heavy atom. The second-order valence-electron chi connectivity index (χ2n) is 3.12. The first-order valence-corrected chi connectivity index (χ1v) is 4.08. The average Bonchev–Trinajstić information content (AvgIpc) is 1.87. The van der Waals surface area contributed by atoms with Crippen LogP contribution in [0.15, 0.2) is 12.7 Å². The van der Waals surface area contributed by atoms with E-state index in [0.29, 0.717) is 5.78 Å². The van der Waals surface area contributed by atoms with Gasteiger partial charge in [-0.15, -0.1) is 6.58 Å². The van der Waals surface area contributed by atoms with E-state index in [1.807, 2.05) is 34.6 Å². The average molecular weight is 156 g/mol. The van der Waals surface area contributed by atoms with E-state index in [1.54, 1.807) is 6.08 Å². The molecule has 0 N–H and O–H groups in total. The van der Waals surface area contributed by atoms with Crippen LogP contribution in [0.25, 0.3) is 0 Å². The van der Waals surface area contributed by atoms with Crippen molar-refractivity contribution in [3.8, 4) is 0 Å². The monoisotopic (exact) mass is 156 g/mol. The smallest absolute Gasteiger partial charge is 0.137 e. The van der Waals surface area contributed by atoms with E-state index in [2.05, 4.69) is 6.58 Å². The molecule has 0 heterocycles. The van der Waals surface area contributed by atoms with Gasteiger partial charge in [0.25, 0.3) is 0 Å². The van der Waals surface area contributed by atoms with Crippen molar-refractivity contribution >= 4 is 5.78 Å². The van der Waals surface area contributed by atoms with Crippen LogP contribution in [0.4, 0.5) is 0 Å². The van der Waals surface area contributed by atoms with E-state index < -0.39 is 0 Å². The predicted octanol–water partition coefficient (Wildman–Crippen LogP) is 3.06. The highest BCUT2D eigenvalue weighted by molar-refractivity contribution is 5.81. The van der Waals surface area contributed by atoms with Gasteiger partial charge < -0.3 is 0 Å². The van der Waals surface area contributed by atoms with Gasteiger partial charge in [-0.2, -0.15) is 0 Å². The molecule has 0 radical (unpaired) electrons. The Morgan fingerprint density at radius 1 is 1.18 bits per heavy atom. The Hall–Kier alpha value is -0.590. The lowest BCUT2D eigenvalue weighted by Crippen LogP contribution is -2.13. The van der Waals surface area contributed by atoms with Gasteiger partial charge in [0.2, 0.25) is 0 Å². The highest BCUT2D eigenvalue weighted by atomic mass is 16.1. The van der Waals surface area contributed by atoms with Crippen molar-refractivity contribution in [1.29, 1.82) is 0 Å². The minimum Gasteiger partial charge on any atom is -0.299 e. The van der Waals surface area contributed by atoms with E-state index in [9.17, 15) is 4.79 Å². The Balaban J connectivity index is 0. The van der Waals surface area contributed by atoms with Gasteiger partial charge in [0.05, 0.1) is 0 Å². The van der Waals surface area contributed by atoms with Crippen LogP contribution in [0.2, 0.25) is 0 Å². The molecule has 11 heavy (non-hydrogen) atoms. The third-order valence-electron chi connectivity index (χ3n) is 1.14. The third kappa shape index (κ3) is 9.41. The molecule has 0 aliphatic carbocycles. The standard InChI is InChI=1S/C7H14O.C3H6/c1-5(2)7(8)6(3)4;1-3-2/h5-6H,1-4H3;3H,1H2,2H3. The molecule has 0 aromatic rings. The van der Waals surface area contributed by atoms with Crippen LogP contribution in [-0.2, 0) is 4.79 Å². The molecular weight excluding hydrogens is 136 g/mol. The van der Waals surface area contributed by atoms with E-state index in [0.717, 1.165) is 0 Å². The number of Topliss-reactive ketones (excluding diaryl/α,β-unsaturated/α-hetero) is 1. The largest absolute Gasteiger partial charge is 0.299 e. The Bertz CT molecular complexity index is 102. The molecule has 0 amide bonds. The number of hydrogen-bond donors (Lipinski definition) is 0. The van der Waals surface area contributed by atoms with Gasteiger partial charge in [-0.3, -0.25) is 4.79 Å². The summed E-state index contributed by atoms with van der Waals surface area (Å²) in [7, 11) is 0. The normalized spacial score (nSPS) is 9.00. The molecule has 0 atom stereocenters. The van der Waals surface area contributed by atoms with Crippen LogP contribution < -0.4 is 0 Å². The van der Waals surface area contributed by atoms with E-state index >= 15 is 0 Å². The molecule has 0 aromatic heterocycles. The molecule has 0 aromatic carbocycles. The summed E-state index contributed by atoms with van der Waals surface area (Å²) in [5.74, 6) is 0.759. The summed E-state index contributed by atoms with van der Waals surface area (Å²) < 4.78 is 0. The van der Waals surface area contributed by atoms with Gasteiger partial charge in [-0.1, -0.05) is 33.8 Å². The van der Waals surface area contributed by atoms with Gasteiger partial charge in [-0.05, 0) is 6.92 Å². The molecule has 0 rings (SSSR count). The van der Waals surface area contributed by atoms with Gasteiger partial charge in [0, 0.05) is 11.8 Å². The number of allylic oxidation sites excluding steroid dienone is 1. The van der Waals surface area contributed by atoms with Crippen molar-refractivity contribution < 1.29 is 4.79 Å². The molecule has 1 nitrogen and oxygen atoms in total. The number of carbonyl (C=O) groups excluding carboxylic acids is 1. The summed E-state index contributed by atoms with van der Waals surface area (Å²) in [4.78, 5) is 10.8. The van der Waals surface area contributed by atoms with Gasteiger partial charge >= 0.3 is 0 Å². The Labute approximate surface area is 70.5 Å². The quantitative estimate of drug-likeness (QED) is 0.561. The van der Waals surface area contributed by atoms with Crippen LogP contribution in [0.1, 0.15) is 34.6 Å². The van der Waals surface area contributed by atoms with Crippen molar-refractivity contribution in [1.82, 2.24) is 0 Å². The second-order valence-corrected chi connectivity index (χ2v) is 3.12. The summed E-state index contributed by atoms with van der Waals surface area (Å²) in [6.07, 6.45) is 1.75. The van der Waals surface area contributed by atoms with Crippen LogP contribution in [0.5, 0.6) is 0 Å². The number of rotatable bonds is 2. The van der Waals surface area contributed by atoms with E-state index in [1.165, 1.54) is 0 Å². The maximum absolute atomic E-state index is 10.8. The molecule has 0 bridgehead atoms. The fourth-order valence-electron chi connectivity index (χ4n) is 0.667. The molecule has 0 unspecified atom stereocenters. The van der Waals surface area contributed by atoms with E-state index in [-0.39, 0.29) is 11.8 Å². The first-order chi connectivity index (χ1) is 4.97. The van der Waals surface area contributed by atoms with Crippen LogP contribution in [0.3, 0.4) is 0 Å². The second kappa shape index (κ2) is 7.52. The highest BCUT2D eigenvalue weighted by Crippen LogP contribution is 2.03. The lowest BCUT2D eigenvalue weighted by Gasteiger charge is -2.05. The first-order valence-electron chi connectivity index (χ1n) is 4.08. The number of carbonyl (C=O) groups is 1. The lowest BCUT2D eigenvalue weighted by molar-refractivity contribution is -0.124. The Kier molecular flexibility index (Phi) is 8.91. The Morgan fingerprint density at radius 3 is 1.36 bits per heavy atom. The topological polar surface area (TPSA) is 17.1 Å². The van der Waals surface area contributed by atoms with Crippen LogP contribution >= 0.6 is 0 Å². The fraction of sp³-hybridized carbons (Fsp3) is 0.700. The molecule has 0 aliphatic rings. The minimum absolute atomic E-state index is 0.204. The predicted molar refractivity (Wildman–Crippen MR) is 50.6 cm³/mol. The summed E-state index contributed by atoms with van der Waals surface area (Å²) >= 11 is 0. The van der Waals surface area contributed by atoms with Crippen molar-refractivity contribution in [3.63, 3.8) is 0 Å². The fourth-order valence-corrected chi connectivity index (χ4v) is 0.667. The zero-order chi connectivity index (χ0) is 9.44. The maximum Gasteiger partial charge on any atom is 0.137 e. The molecule has 0 saturated heterocycles. The lowest BCUT2D eigenvalue weighted by atomic mass is 9.99. The summed E-state index contributed by atoms with van der Waals surface area (Å²) in [6, 6.07) is 0. The molecule has 0 fully saturated rings.